The zero-order valence-corrected chi connectivity index (χ0v) is 20.8. The number of carbonyl (C=O) groups excluding carboxylic acids is 2. The number of halogens is 2. The van der Waals surface area contributed by atoms with Gasteiger partial charge in [-0.05, 0) is 42.5 Å². The first-order chi connectivity index (χ1) is 18.0. The van der Waals surface area contributed by atoms with Gasteiger partial charge in [-0.2, -0.15) is 0 Å². The van der Waals surface area contributed by atoms with Crippen molar-refractivity contribution in [3.63, 3.8) is 0 Å². The molecule has 194 valence electrons. The van der Waals surface area contributed by atoms with E-state index in [1.165, 1.54) is 11.0 Å². The molecule has 0 spiro atoms. The lowest BCUT2D eigenvalue weighted by Gasteiger charge is -2.29. The molecule has 1 atom stereocenters. The van der Waals surface area contributed by atoms with Gasteiger partial charge in [0.15, 0.2) is 0 Å². The summed E-state index contributed by atoms with van der Waals surface area (Å²) in [6.07, 6.45) is 0.823. The molecule has 2 aliphatic rings. The highest BCUT2D eigenvalue weighted by molar-refractivity contribution is 6.31. The van der Waals surface area contributed by atoms with E-state index >= 15 is 0 Å². The van der Waals surface area contributed by atoms with Gasteiger partial charge in [0.1, 0.15) is 11.9 Å². The maximum atomic E-state index is 14.8. The van der Waals surface area contributed by atoms with Gasteiger partial charge in [0.05, 0.1) is 43.2 Å². The molecule has 11 heteroatoms. The van der Waals surface area contributed by atoms with Crippen LogP contribution in [0.2, 0.25) is 5.02 Å². The van der Waals surface area contributed by atoms with Crippen molar-refractivity contribution in [1.82, 2.24) is 10.3 Å². The third-order valence-electron chi connectivity index (χ3n) is 6.37. The minimum absolute atomic E-state index is 0.173. The molecule has 2 fully saturated rings. The van der Waals surface area contributed by atoms with E-state index in [1.54, 1.807) is 30.5 Å². The van der Waals surface area contributed by atoms with Crippen molar-refractivity contribution in [2.75, 3.05) is 61.1 Å². The van der Waals surface area contributed by atoms with Crippen LogP contribution in [0.5, 0.6) is 0 Å². The van der Waals surface area contributed by atoms with Crippen LogP contribution < -0.4 is 20.4 Å². The lowest BCUT2D eigenvalue weighted by Crippen LogP contribution is -2.37. The molecule has 2 saturated heterocycles. The van der Waals surface area contributed by atoms with Crippen molar-refractivity contribution in [2.24, 2.45) is 0 Å². The zero-order chi connectivity index (χ0) is 25.8. The van der Waals surface area contributed by atoms with Gasteiger partial charge in [-0.3, -0.25) is 14.7 Å². The van der Waals surface area contributed by atoms with Crippen LogP contribution in [0.25, 0.3) is 10.9 Å². The first-order valence-corrected chi connectivity index (χ1v) is 12.5. The standard InChI is InChI=1S/C26H27ClFN5O4/c27-17-1-3-20-22(5-7-30-23(20)13-17)29-8-6-25(34)31-15-19-16-33(26(35)37-19)18-2-4-24(21(28)14-18)32-9-11-36-12-10-32/h1-5,7,13-14,19H,6,8-12,15-16H2,(H,29,30)(H,31,34)/t19-/m0/s1. The van der Waals surface area contributed by atoms with E-state index in [0.717, 1.165) is 16.6 Å². The highest BCUT2D eigenvalue weighted by atomic mass is 35.5. The van der Waals surface area contributed by atoms with Gasteiger partial charge < -0.3 is 25.0 Å². The normalized spacial score (nSPS) is 17.7. The van der Waals surface area contributed by atoms with Crippen LogP contribution in [0.3, 0.4) is 0 Å². The number of pyridine rings is 1. The number of morpholine rings is 1. The Bertz CT molecular complexity index is 1300. The predicted molar refractivity (Wildman–Crippen MR) is 140 cm³/mol. The second-order valence-corrected chi connectivity index (χ2v) is 9.29. The van der Waals surface area contributed by atoms with E-state index in [2.05, 4.69) is 15.6 Å². The second-order valence-electron chi connectivity index (χ2n) is 8.85. The first-order valence-electron chi connectivity index (χ1n) is 12.1. The van der Waals surface area contributed by atoms with Gasteiger partial charge in [-0.15, -0.1) is 0 Å². The lowest BCUT2D eigenvalue weighted by atomic mass is 10.2. The molecule has 0 unspecified atom stereocenters. The minimum atomic E-state index is -0.566. The molecule has 2 amide bonds. The molecule has 2 aromatic carbocycles. The highest BCUT2D eigenvalue weighted by Crippen LogP contribution is 2.28. The van der Waals surface area contributed by atoms with Gasteiger partial charge in [-0.1, -0.05) is 11.6 Å². The Morgan fingerprint density at radius 2 is 2.00 bits per heavy atom. The molecule has 9 nitrogen and oxygen atoms in total. The maximum absolute atomic E-state index is 14.8. The number of aromatic nitrogens is 1. The smallest absolute Gasteiger partial charge is 0.414 e. The summed E-state index contributed by atoms with van der Waals surface area (Å²) in [6.45, 7) is 3.16. The molecule has 5 rings (SSSR count). The third kappa shape index (κ3) is 5.86. The Morgan fingerprint density at radius 1 is 1.16 bits per heavy atom. The molecular weight excluding hydrogens is 501 g/mol. The van der Waals surface area contributed by atoms with Crippen LogP contribution in [-0.2, 0) is 14.3 Å². The fraction of sp³-hybridized carbons (Fsp3) is 0.346. The molecule has 37 heavy (non-hydrogen) atoms. The number of fused-ring (bicyclic) bond motifs is 1. The van der Waals surface area contributed by atoms with Gasteiger partial charge >= 0.3 is 6.09 Å². The summed E-state index contributed by atoms with van der Waals surface area (Å²) in [5.41, 5.74) is 2.54. The van der Waals surface area contributed by atoms with Gasteiger partial charge in [-0.25, -0.2) is 9.18 Å². The summed E-state index contributed by atoms with van der Waals surface area (Å²) in [6, 6.07) is 12.0. The summed E-state index contributed by atoms with van der Waals surface area (Å²) in [4.78, 5) is 32.4. The largest absolute Gasteiger partial charge is 0.442 e. The average Bonchev–Trinajstić information content (AvgIpc) is 3.28. The second kappa shape index (κ2) is 11.2. The molecule has 2 N–H and O–H groups in total. The molecule has 3 aromatic rings. The van der Waals surface area contributed by atoms with E-state index in [1.807, 2.05) is 17.0 Å². The zero-order valence-electron chi connectivity index (χ0n) is 20.1. The van der Waals surface area contributed by atoms with E-state index < -0.39 is 18.0 Å². The average molecular weight is 528 g/mol. The molecule has 3 heterocycles. The van der Waals surface area contributed by atoms with E-state index in [-0.39, 0.29) is 25.4 Å². The number of benzene rings is 2. The summed E-state index contributed by atoms with van der Waals surface area (Å²) in [5.74, 6) is -0.578. The van der Waals surface area contributed by atoms with Crippen molar-refractivity contribution in [2.45, 2.75) is 12.5 Å². The molecule has 0 bridgehead atoms. The van der Waals surface area contributed by atoms with E-state index in [0.29, 0.717) is 49.2 Å². The number of anilines is 3. The van der Waals surface area contributed by atoms with Gasteiger partial charge in [0.25, 0.3) is 0 Å². The van der Waals surface area contributed by atoms with Crippen LogP contribution >= 0.6 is 11.6 Å². The van der Waals surface area contributed by atoms with E-state index in [9.17, 15) is 14.0 Å². The van der Waals surface area contributed by atoms with Crippen LogP contribution in [-0.4, -0.2) is 69.0 Å². The van der Waals surface area contributed by atoms with Gasteiger partial charge in [0.2, 0.25) is 5.91 Å². The third-order valence-corrected chi connectivity index (χ3v) is 6.60. The number of carbonyl (C=O) groups is 2. The number of ether oxygens (including phenoxy) is 2. The minimum Gasteiger partial charge on any atom is -0.442 e. The lowest BCUT2D eigenvalue weighted by molar-refractivity contribution is -0.121. The Balaban J connectivity index is 1.10. The number of rotatable bonds is 8. The molecular formula is C26H27ClFN5O4. The summed E-state index contributed by atoms with van der Waals surface area (Å²) in [7, 11) is 0. The molecule has 0 radical (unpaired) electrons. The molecule has 1 aromatic heterocycles. The summed E-state index contributed by atoms with van der Waals surface area (Å²) in [5, 5.41) is 7.58. The monoisotopic (exact) mass is 527 g/mol. The highest BCUT2D eigenvalue weighted by Gasteiger charge is 2.33. The summed E-state index contributed by atoms with van der Waals surface area (Å²) >= 11 is 6.03. The predicted octanol–water partition coefficient (Wildman–Crippen LogP) is 3.81. The molecule has 2 aliphatic heterocycles. The van der Waals surface area contributed by atoms with Gasteiger partial charge in [0, 0.05) is 48.3 Å². The number of nitrogens with zero attached hydrogens (tertiary/aromatic N) is 3. The Hall–Kier alpha value is -3.63. The number of cyclic esters (lactones) is 1. The van der Waals surface area contributed by atoms with Crippen molar-refractivity contribution in [3.8, 4) is 0 Å². The molecule has 0 saturated carbocycles. The quantitative estimate of drug-likeness (QED) is 0.460. The number of hydrogen-bond acceptors (Lipinski definition) is 7. The fourth-order valence-corrected chi connectivity index (χ4v) is 4.63. The van der Waals surface area contributed by atoms with Crippen LogP contribution in [0.15, 0.2) is 48.7 Å². The van der Waals surface area contributed by atoms with Crippen molar-refractivity contribution >= 4 is 51.6 Å². The Morgan fingerprint density at radius 3 is 2.81 bits per heavy atom. The van der Waals surface area contributed by atoms with Crippen LogP contribution in [0, 0.1) is 5.82 Å². The van der Waals surface area contributed by atoms with Crippen LogP contribution in [0.1, 0.15) is 6.42 Å². The van der Waals surface area contributed by atoms with E-state index in [4.69, 9.17) is 21.1 Å². The SMILES string of the molecule is O=C(CCNc1ccnc2cc(Cl)ccc12)NC[C@H]1CN(c2ccc(N3CCOCC3)c(F)c2)C(=O)O1. The fourth-order valence-electron chi connectivity index (χ4n) is 4.47. The topological polar surface area (TPSA) is 96.0 Å². The Labute approximate surface area is 218 Å². The van der Waals surface area contributed by atoms with Crippen molar-refractivity contribution < 1.29 is 23.5 Å². The number of nitrogens with one attached hydrogen (secondary N) is 2. The first kappa shape index (κ1) is 25.0. The maximum Gasteiger partial charge on any atom is 0.414 e. The molecule has 0 aliphatic carbocycles. The van der Waals surface area contributed by atoms with Crippen molar-refractivity contribution in [3.05, 3.63) is 59.5 Å². The summed E-state index contributed by atoms with van der Waals surface area (Å²) < 4.78 is 25.5. The van der Waals surface area contributed by atoms with Crippen LogP contribution in [0.4, 0.5) is 26.2 Å². The van der Waals surface area contributed by atoms with Crippen molar-refractivity contribution in [1.29, 1.82) is 0 Å². The number of amides is 2. The Kier molecular flexibility index (Phi) is 7.57. The number of hydrogen-bond donors (Lipinski definition) is 2.